The highest BCUT2D eigenvalue weighted by Gasteiger charge is 2.29. The minimum absolute atomic E-state index is 0.444. The number of rotatable bonds is 5. The largest absolute Gasteiger partial charge is 0.313 e. The van der Waals surface area contributed by atoms with E-state index in [0.29, 0.717) is 30.4 Å². The van der Waals surface area contributed by atoms with Crippen molar-refractivity contribution in [1.29, 1.82) is 0 Å². The standard InChI is InChI=1S/C15H24N2O2S/c1-3-16-11-14-8-4-5-9-15(14)20(18,19)17-10-6-7-13(2)12-17/h4-5,8-9,13,16H,3,6-7,10-12H2,1-2H3. The molecule has 4 nitrogen and oxygen atoms in total. The Morgan fingerprint density at radius 3 is 2.80 bits per heavy atom. The molecule has 1 aliphatic rings. The van der Waals surface area contributed by atoms with Gasteiger partial charge in [0.25, 0.3) is 0 Å². The van der Waals surface area contributed by atoms with Crippen LogP contribution in [0.15, 0.2) is 29.2 Å². The van der Waals surface area contributed by atoms with E-state index in [-0.39, 0.29) is 0 Å². The minimum atomic E-state index is -3.36. The molecule has 1 heterocycles. The lowest BCUT2D eigenvalue weighted by molar-refractivity contribution is 0.281. The Morgan fingerprint density at radius 2 is 2.10 bits per heavy atom. The van der Waals surface area contributed by atoms with Gasteiger partial charge in [0.1, 0.15) is 0 Å². The maximum absolute atomic E-state index is 12.8. The van der Waals surface area contributed by atoms with Crippen molar-refractivity contribution in [2.24, 2.45) is 5.92 Å². The van der Waals surface area contributed by atoms with Crippen LogP contribution in [-0.2, 0) is 16.6 Å². The van der Waals surface area contributed by atoms with Gasteiger partial charge in [-0.3, -0.25) is 0 Å². The number of hydrogen-bond acceptors (Lipinski definition) is 3. The van der Waals surface area contributed by atoms with Crippen molar-refractivity contribution in [2.75, 3.05) is 19.6 Å². The van der Waals surface area contributed by atoms with E-state index in [1.54, 1.807) is 16.4 Å². The third-order valence-electron chi connectivity index (χ3n) is 3.78. The lowest BCUT2D eigenvalue weighted by Crippen LogP contribution is -2.39. The zero-order valence-electron chi connectivity index (χ0n) is 12.3. The van der Waals surface area contributed by atoms with Gasteiger partial charge in [0.2, 0.25) is 10.0 Å². The number of hydrogen-bond donors (Lipinski definition) is 1. The van der Waals surface area contributed by atoms with Crippen LogP contribution < -0.4 is 5.32 Å². The molecule has 1 aliphatic heterocycles. The van der Waals surface area contributed by atoms with Crippen LogP contribution in [0, 0.1) is 5.92 Å². The summed E-state index contributed by atoms with van der Waals surface area (Å²) in [7, 11) is -3.36. The van der Waals surface area contributed by atoms with Crippen LogP contribution in [0.4, 0.5) is 0 Å². The lowest BCUT2D eigenvalue weighted by Gasteiger charge is -2.30. The van der Waals surface area contributed by atoms with Crippen LogP contribution in [0.2, 0.25) is 0 Å². The quantitative estimate of drug-likeness (QED) is 0.906. The summed E-state index contributed by atoms with van der Waals surface area (Å²) >= 11 is 0. The lowest BCUT2D eigenvalue weighted by atomic mass is 10.0. The van der Waals surface area contributed by atoms with E-state index in [0.717, 1.165) is 24.9 Å². The molecule has 0 aliphatic carbocycles. The van der Waals surface area contributed by atoms with Crippen LogP contribution in [0.3, 0.4) is 0 Å². The van der Waals surface area contributed by atoms with Crippen molar-refractivity contribution in [3.8, 4) is 0 Å². The zero-order chi connectivity index (χ0) is 14.6. The van der Waals surface area contributed by atoms with Gasteiger partial charge in [-0.25, -0.2) is 8.42 Å². The summed E-state index contributed by atoms with van der Waals surface area (Å²) in [6.07, 6.45) is 2.07. The van der Waals surface area contributed by atoms with Crippen LogP contribution in [0.1, 0.15) is 32.3 Å². The smallest absolute Gasteiger partial charge is 0.243 e. The molecule has 0 bridgehead atoms. The second kappa shape index (κ2) is 6.70. The Hall–Kier alpha value is -0.910. The normalized spacial score (nSPS) is 21.0. The van der Waals surface area contributed by atoms with E-state index < -0.39 is 10.0 Å². The molecule has 0 spiro atoms. The molecular weight excluding hydrogens is 272 g/mol. The van der Waals surface area contributed by atoms with Crippen molar-refractivity contribution < 1.29 is 8.42 Å². The monoisotopic (exact) mass is 296 g/mol. The van der Waals surface area contributed by atoms with Gasteiger partial charge in [-0.15, -0.1) is 0 Å². The van der Waals surface area contributed by atoms with Gasteiger partial charge < -0.3 is 5.32 Å². The topological polar surface area (TPSA) is 49.4 Å². The first-order valence-electron chi connectivity index (χ1n) is 7.34. The first-order chi connectivity index (χ1) is 9.55. The van der Waals surface area contributed by atoms with Crippen molar-refractivity contribution >= 4 is 10.0 Å². The van der Waals surface area contributed by atoms with Gasteiger partial charge in [-0.1, -0.05) is 32.0 Å². The maximum atomic E-state index is 12.8. The van der Waals surface area contributed by atoms with Crippen LogP contribution in [0.25, 0.3) is 0 Å². The summed E-state index contributed by atoms with van der Waals surface area (Å²) in [5, 5.41) is 3.21. The fourth-order valence-corrected chi connectivity index (χ4v) is 4.49. The summed E-state index contributed by atoms with van der Waals surface area (Å²) in [5.41, 5.74) is 0.854. The average Bonchev–Trinajstić information content (AvgIpc) is 2.45. The zero-order valence-corrected chi connectivity index (χ0v) is 13.1. The van der Waals surface area contributed by atoms with Crippen LogP contribution >= 0.6 is 0 Å². The van der Waals surface area contributed by atoms with E-state index in [4.69, 9.17) is 0 Å². The van der Waals surface area contributed by atoms with Crippen molar-refractivity contribution in [3.63, 3.8) is 0 Å². The molecule has 2 rings (SSSR count). The Bertz CT molecular complexity index is 543. The third kappa shape index (κ3) is 3.40. The minimum Gasteiger partial charge on any atom is -0.313 e. The van der Waals surface area contributed by atoms with Gasteiger partial charge in [0.05, 0.1) is 4.90 Å². The third-order valence-corrected chi connectivity index (χ3v) is 5.74. The molecule has 1 aromatic carbocycles. The van der Waals surface area contributed by atoms with Gasteiger partial charge in [0.15, 0.2) is 0 Å². The molecule has 0 radical (unpaired) electrons. The first kappa shape index (κ1) is 15.5. The van der Waals surface area contributed by atoms with Gasteiger partial charge in [-0.2, -0.15) is 4.31 Å². The van der Waals surface area contributed by atoms with E-state index in [1.807, 2.05) is 19.1 Å². The predicted octanol–water partition coefficient (Wildman–Crippen LogP) is 2.22. The number of piperidine rings is 1. The molecule has 5 heteroatoms. The van der Waals surface area contributed by atoms with E-state index in [9.17, 15) is 8.42 Å². The molecular formula is C15H24N2O2S. The average molecular weight is 296 g/mol. The SMILES string of the molecule is CCNCc1ccccc1S(=O)(=O)N1CCCC(C)C1. The van der Waals surface area contributed by atoms with Crippen molar-refractivity contribution in [2.45, 2.75) is 38.1 Å². The fraction of sp³-hybridized carbons (Fsp3) is 0.600. The van der Waals surface area contributed by atoms with E-state index in [1.165, 1.54) is 0 Å². The van der Waals surface area contributed by atoms with Gasteiger partial charge in [0, 0.05) is 19.6 Å². The Morgan fingerprint density at radius 1 is 1.35 bits per heavy atom. The fourth-order valence-electron chi connectivity index (χ4n) is 2.66. The Kier molecular flexibility index (Phi) is 5.18. The van der Waals surface area contributed by atoms with E-state index in [2.05, 4.69) is 12.2 Å². The highest BCUT2D eigenvalue weighted by molar-refractivity contribution is 7.89. The van der Waals surface area contributed by atoms with E-state index >= 15 is 0 Å². The maximum Gasteiger partial charge on any atom is 0.243 e. The molecule has 1 fully saturated rings. The molecule has 0 aromatic heterocycles. The molecule has 0 amide bonds. The highest BCUT2D eigenvalue weighted by atomic mass is 32.2. The molecule has 1 saturated heterocycles. The van der Waals surface area contributed by atoms with Crippen LogP contribution in [0.5, 0.6) is 0 Å². The molecule has 20 heavy (non-hydrogen) atoms. The Labute approximate surface area is 122 Å². The number of nitrogens with zero attached hydrogens (tertiary/aromatic N) is 1. The predicted molar refractivity (Wildman–Crippen MR) is 81.0 cm³/mol. The summed E-state index contributed by atoms with van der Waals surface area (Å²) in [6, 6.07) is 7.31. The number of benzene rings is 1. The first-order valence-corrected chi connectivity index (χ1v) is 8.78. The highest BCUT2D eigenvalue weighted by Crippen LogP contribution is 2.25. The summed E-state index contributed by atoms with van der Waals surface area (Å²) in [5.74, 6) is 0.444. The molecule has 0 saturated carbocycles. The van der Waals surface area contributed by atoms with Crippen LogP contribution in [-0.4, -0.2) is 32.4 Å². The summed E-state index contributed by atoms with van der Waals surface area (Å²) in [6.45, 7) is 6.83. The van der Waals surface area contributed by atoms with Gasteiger partial charge in [-0.05, 0) is 36.9 Å². The summed E-state index contributed by atoms with van der Waals surface area (Å²) in [4.78, 5) is 0.454. The molecule has 1 aromatic rings. The molecule has 112 valence electrons. The molecule has 1 atom stereocenters. The molecule has 1 unspecified atom stereocenters. The second-order valence-corrected chi connectivity index (χ2v) is 7.40. The van der Waals surface area contributed by atoms with Crippen molar-refractivity contribution in [3.05, 3.63) is 29.8 Å². The second-order valence-electron chi connectivity index (χ2n) is 5.50. The number of nitrogens with one attached hydrogen (secondary N) is 1. The molecule has 1 N–H and O–H groups in total. The number of sulfonamides is 1. The summed E-state index contributed by atoms with van der Waals surface area (Å²) < 4.78 is 27.3. The Balaban J connectivity index is 2.29. The van der Waals surface area contributed by atoms with Gasteiger partial charge >= 0.3 is 0 Å². The van der Waals surface area contributed by atoms with Crippen molar-refractivity contribution in [1.82, 2.24) is 9.62 Å².